The molecular formula is C24H23NO6. The van der Waals surface area contributed by atoms with Gasteiger partial charge in [-0.3, -0.25) is 9.69 Å². The van der Waals surface area contributed by atoms with Crippen LogP contribution >= 0.6 is 0 Å². The molecule has 0 spiro atoms. The highest BCUT2D eigenvalue weighted by atomic mass is 16.5. The lowest BCUT2D eigenvalue weighted by atomic mass is 9.89. The number of methoxy groups -OCH3 is 3. The van der Waals surface area contributed by atoms with Crippen molar-refractivity contribution in [2.75, 3.05) is 26.2 Å². The number of anilines is 1. The average Bonchev–Trinajstić information content (AvgIpc) is 2.81. The van der Waals surface area contributed by atoms with E-state index in [0.717, 1.165) is 5.56 Å². The first kappa shape index (κ1) is 20.4. The normalized spacial score (nSPS) is 17.6. The van der Waals surface area contributed by atoms with Gasteiger partial charge in [-0.15, -0.1) is 0 Å². The molecule has 0 unspecified atom stereocenters. The summed E-state index contributed by atoms with van der Waals surface area (Å²) in [6.07, 6.45) is -0.717. The van der Waals surface area contributed by atoms with E-state index in [4.69, 9.17) is 18.9 Å². The summed E-state index contributed by atoms with van der Waals surface area (Å²) < 4.78 is 22.3. The fourth-order valence-electron chi connectivity index (χ4n) is 3.71. The van der Waals surface area contributed by atoms with E-state index in [0.29, 0.717) is 28.7 Å². The summed E-state index contributed by atoms with van der Waals surface area (Å²) in [5.41, 5.74) is 1.41. The molecular weight excluding hydrogens is 398 g/mol. The van der Waals surface area contributed by atoms with Crippen molar-refractivity contribution in [3.8, 4) is 28.7 Å². The third-order valence-corrected chi connectivity index (χ3v) is 5.21. The zero-order valence-electron chi connectivity index (χ0n) is 17.4. The fraction of sp³-hybridized carbons (Fsp3) is 0.208. The minimum atomic E-state index is -0.717. The molecule has 2 atom stereocenters. The maximum Gasteiger partial charge on any atom is 0.271 e. The van der Waals surface area contributed by atoms with Crippen molar-refractivity contribution in [2.45, 2.75) is 12.1 Å². The zero-order chi connectivity index (χ0) is 22.0. The maximum absolute atomic E-state index is 13.2. The summed E-state index contributed by atoms with van der Waals surface area (Å²) in [6.45, 7) is 0. The van der Waals surface area contributed by atoms with Crippen LogP contribution < -0.4 is 23.8 Å². The lowest BCUT2D eigenvalue weighted by Gasteiger charge is -2.46. The first-order chi connectivity index (χ1) is 15.1. The summed E-state index contributed by atoms with van der Waals surface area (Å²) in [4.78, 5) is 14.8. The molecule has 31 heavy (non-hydrogen) atoms. The lowest BCUT2D eigenvalue weighted by molar-refractivity contribution is -0.135. The number of carbonyl (C=O) groups is 1. The van der Waals surface area contributed by atoms with Gasteiger partial charge in [0.2, 0.25) is 11.9 Å². The smallest absolute Gasteiger partial charge is 0.271 e. The highest BCUT2D eigenvalue weighted by Gasteiger charge is 2.51. The number of carbonyl (C=O) groups excluding carboxylic acids is 1. The van der Waals surface area contributed by atoms with E-state index >= 15 is 0 Å². The van der Waals surface area contributed by atoms with Crippen molar-refractivity contribution in [3.05, 3.63) is 72.3 Å². The Kier molecular flexibility index (Phi) is 5.58. The number of para-hydroxylation sites is 1. The number of phenolic OH excluding ortho intramolecular Hbond substituents is 1. The van der Waals surface area contributed by atoms with Crippen molar-refractivity contribution in [1.29, 1.82) is 0 Å². The molecule has 0 aliphatic carbocycles. The van der Waals surface area contributed by atoms with E-state index < -0.39 is 12.1 Å². The second-order valence-electron chi connectivity index (χ2n) is 6.98. The number of rotatable bonds is 7. The monoisotopic (exact) mass is 421 g/mol. The van der Waals surface area contributed by atoms with Crippen LogP contribution in [-0.4, -0.2) is 38.4 Å². The fourth-order valence-corrected chi connectivity index (χ4v) is 3.71. The number of hydrogen-bond donors (Lipinski definition) is 1. The van der Waals surface area contributed by atoms with Gasteiger partial charge in [0.25, 0.3) is 5.91 Å². The van der Waals surface area contributed by atoms with Gasteiger partial charge in [-0.1, -0.05) is 30.3 Å². The second-order valence-corrected chi connectivity index (χ2v) is 6.98. The third kappa shape index (κ3) is 3.70. The van der Waals surface area contributed by atoms with E-state index in [1.54, 1.807) is 41.3 Å². The molecule has 7 heteroatoms. The molecule has 1 amide bonds. The van der Waals surface area contributed by atoms with Crippen molar-refractivity contribution in [2.24, 2.45) is 0 Å². The van der Waals surface area contributed by atoms with E-state index in [2.05, 4.69) is 0 Å². The predicted octanol–water partition coefficient (Wildman–Crippen LogP) is 3.95. The molecule has 3 aromatic rings. The standard InChI is InChI=1S/C24H23NO6/c1-28-19-13-16(14-20(29-2)22(19)30-3)25-21(15-9-11-17(26)12-10-15)23(24(25)27)31-18-7-5-4-6-8-18/h4-14,21,23,26H,1-3H3/t21-,23+/m1/s1. The molecule has 1 saturated heterocycles. The number of aromatic hydroxyl groups is 1. The molecule has 160 valence electrons. The molecule has 1 heterocycles. The summed E-state index contributed by atoms with van der Waals surface area (Å²) in [7, 11) is 4.58. The Hall–Kier alpha value is -3.87. The topological polar surface area (TPSA) is 77.5 Å². The minimum absolute atomic E-state index is 0.147. The molecule has 0 radical (unpaired) electrons. The Balaban J connectivity index is 1.75. The Morgan fingerprint density at radius 1 is 0.839 bits per heavy atom. The second kappa shape index (κ2) is 8.47. The summed E-state index contributed by atoms with van der Waals surface area (Å²) >= 11 is 0. The van der Waals surface area contributed by atoms with Crippen LogP contribution in [0.3, 0.4) is 0 Å². The van der Waals surface area contributed by atoms with Crippen molar-refractivity contribution < 1.29 is 28.8 Å². The van der Waals surface area contributed by atoms with Gasteiger partial charge >= 0.3 is 0 Å². The average molecular weight is 421 g/mol. The number of ether oxygens (including phenoxy) is 4. The number of β-lactam (4-membered cyclic amide) rings is 1. The van der Waals surface area contributed by atoms with Crippen LogP contribution in [0.25, 0.3) is 0 Å². The maximum atomic E-state index is 13.2. The Labute approximate surface area is 180 Å². The van der Waals surface area contributed by atoms with Gasteiger partial charge in [-0.05, 0) is 29.8 Å². The number of hydrogen-bond acceptors (Lipinski definition) is 6. The van der Waals surface area contributed by atoms with Crippen LogP contribution in [0, 0.1) is 0 Å². The van der Waals surface area contributed by atoms with Crippen LogP contribution in [0.15, 0.2) is 66.7 Å². The van der Waals surface area contributed by atoms with Gasteiger partial charge in [-0.25, -0.2) is 0 Å². The van der Waals surface area contributed by atoms with Gasteiger partial charge in [0.05, 0.1) is 27.0 Å². The molecule has 1 aliphatic heterocycles. The highest BCUT2D eigenvalue weighted by molar-refractivity contribution is 6.05. The quantitative estimate of drug-likeness (QED) is 0.582. The van der Waals surface area contributed by atoms with Gasteiger partial charge in [0, 0.05) is 12.1 Å². The van der Waals surface area contributed by atoms with Crippen molar-refractivity contribution in [3.63, 3.8) is 0 Å². The predicted molar refractivity (Wildman–Crippen MR) is 115 cm³/mol. The molecule has 3 aromatic carbocycles. The van der Waals surface area contributed by atoms with Crippen molar-refractivity contribution in [1.82, 2.24) is 0 Å². The van der Waals surface area contributed by atoms with Crippen LogP contribution in [-0.2, 0) is 4.79 Å². The zero-order valence-corrected chi connectivity index (χ0v) is 17.4. The Bertz CT molecular complexity index is 1040. The molecule has 4 rings (SSSR count). The number of nitrogens with zero attached hydrogens (tertiary/aromatic N) is 1. The lowest BCUT2D eigenvalue weighted by Crippen LogP contribution is -2.61. The largest absolute Gasteiger partial charge is 0.508 e. The van der Waals surface area contributed by atoms with Crippen LogP contribution in [0.5, 0.6) is 28.7 Å². The molecule has 1 fully saturated rings. The van der Waals surface area contributed by atoms with Crippen molar-refractivity contribution >= 4 is 11.6 Å². The summed E-state index contributed by atoms with van der Waals surface area (Å²) in [5, 5.41) is 9.70. The molecule has 0 aromatic heterocycles. The first-order valence-electron chi connectivity index (χ1n) is 9.71. The van der Waals surface area contributed by atoms with Crippen LogP contribution in [0.2, 0.25) is 0 Å². The Morgan fingerprint density at radius 2 is 1.45 bits per heavy atom. The summed E-state index contributed by atoms with van der Waals surface area (Å²) in [5.74, 6) is 1.89. The first-order valence-corrected chi connectivity index (χ1v) is 9.71. The summed E-state index contributed by atoms with van der Waals surface area (Å²) in [6, 6.07) is 19.0. The molecule has 1 N–H and O–H groups in total. The van der Waals surface area contributed by atoms with Gasteiger partial charge in [-0.2, -0.15) is 0 Å². The van der Waals surface area contributed by atoms with Crippen LogP contribution in [0.1, 0.15) is 11.6 Å². The Morgan fingerprint density at radius 3 is 2.00 bits per heavy atom. The van der Waals surface area contributed by atoms with Gasteiger partial charge in [0.1, 0.15) is 17.5 Å². The van der Waals surface area contributed by atoms with Gasteiger partial charge < -0.3 is 24.1 Å². The van der Waals surface area contributed by atoms with Crippen LogP contribution in [0.4, 0.5) is 5.69 Å². The SMILES string of the molecule is COc1cc(N2C(=O)[C@@H](Oc3ccccc3)[C@H]2c2ccc(O)cc2)cc(OC)c1OC. The van der Waals surface area contributed by atoms with Gasteiger partial charge in [0.15, 0.2) is 11.5 Å². The molecule has 0 saturated carbocycles. The van der Waals surface area contributed by atoms with E-state index in [1.807, 2.05) is 30.3 Å². The molecule has 7 nitrogen and oxygen atoms in total. The third-order valence-electron chi connectivity index (χ3n) is 5.21. The number of phenols is 1. The molecule has 1 aliphatic rings. The number of benzene rings is 3. The minimum Gasteiger partial charge on any atom is -0.508 e. The number of amides is 1. The highest BCUT2D eigenvalue weighted by Crippen LogP contribution is 2.47. The van der Waals surface area contributed by atoms with E-state index in [-0.39, 0.29) is 11.7 Å². The van der Waals surface area contributed by atoms with E-state index in [9.17, 15) is 9.90 Å². The molecule has 0 bridgehead atoms. The van der Waals surface area contributed by atoms with E-state index in [1.165, 1.54) is 21.3 Å².